The number of anilines is 1. The summed E-state index contributed by atoms with van der Waals surface area (Å²) in [6, 6.07) is 7.18. The van der Waals surface area contributed by atoms with Crippen molar-refractivity contribution in [3.63, 3.8) is 0 Å². The van der Waals surface area contributed by atoms with Crippen molar-refractivity contribution >= 4 is 17.6 Å². The number of aryl methyl sites for hydroxylation is 2. The number of halogens is 1. The fourth-order valence-electron chi connectivity index (χ4n) is 2.86. The van der Waals surface area contributed by atoms with Gasteiger partial charge < -0.3 is 5.32 Å². The van der Waals surface area contributed by atoms with Crippen molar-refractivity contribution in [1.29, 1.82) is 0 Å². The topological polar surface area (TPSA) is 67.2 Å². The van der Waals surface area contributed by atoms with E-state index in [1.165, 1.54) is 17.0 Å². The lowest BCUT2D eigenvalue weighted by Crippen LogP contribution is -2.50. The fraction of sp³-hybridized carbons (Fsp3) is 0.353. The predicted octanol–water partition coefficient (Wildman–Crippen LogP) is 1.77. The van der Waals surface area contributed by atoms with E-state index in [2.05, 4.69) is 10.4 Å². The molecule has 0 bridgehead atoms. The van der Waals surface area contributed by atoms with E-state index >= 15 is 0 Å². The van der Waals surface area contributed by atoms with Crippen molar-refractivity contribution in [2.24, 2.45) is 0 Å². The zero-order chi connectivity index (χ0) is 17.3. The number of fused-ring (bicyclic) bond motifs is 1. The van der Waals surface area contributed by atoms with Crippen LogP contribution < -0.4 is 10.2 Å². The molecule has 1 aliphatic rings. The average molecular weight is 330 g/mol. The second kappa shape index (κ2) is 6.43. The first-order valence-corrected chi connectivity index (χ1v) is 7.84. The van der Waals surface area contributed by atoms with Crippen LogP contribution in [0.1, 0.15) is 24.6 Å². The van der Waals surface area contributed by atoms with Gasteiger partial charge in [0.2, 0.25) is 11.8 Å². The van der Waals surface area contributed by atoms with Crippen molar-refractivity contribution in [2.45, 2.75) is 39.4 Å². The maximum atomic E-state index is 13.2. The van der Waals surface area contributed by atoms with Gasteiger partial charge in [-0.3, -0.25) is 14.5 Å². The van der Waals surface area contributed by atoms with Crippen molar-refractivity contribution in [2.75, 3.05) is 4.90 Å². The third-order valence-corrected chi connectivity index (χ3v) is 4.06. The van der Waals surface area contributed by atoms with E-state index in [0.717, 1.165) is 5.69 Å². The fourth-order valence-corrected chi connectivity index (χ4v) is 2.86. The molecule has 0 saturated carbocycles. The molecule has 1 aromatic carbocycles. The molecular formula is C17H19FN4O2. The van der Waals surface area contributed by atoms with Gasteiger partial charge in [0.05, 0.1) is 12.2 Å². The summed E-state index contributed by atoms with van der Waals surface area (Å²) in [5, 5.41) is 7.08. The van der Waals surface area contributed by atoms with Gasteiger partial charge in [-0.15, -0.1) is 0 Å². The summed E-state index contributed by atoms with van der Waals surface area (Å²) in [6.07, 6.45) is 0.315. The van der Waals surface area contributed by atoms with Crippen LogP contribution in [0, 0.1) is 12.7 Å². The van der Waals surface area contributed by atoms with Gasteiger partial charge in [0.15, 0.2) is 0 Å². The van der Waals surface area contributed by atoms with Gasteiger partial charge in [-0.05, 0) is 31.5 Å². The quantitative estimate of drug-likeness (QED) is 0.929. The van der Waals surface area contributed by atoms with Crippen LogP contribution in [0.3, 0.4) is 0 Å². The number of carbonyl (C=O) groups excluding carboxylic acids is 2. The standard InChI is InChI=1S/C17H19FN4O2/c1-11-8-15-21(20-11)7-6-16(23)22(15)12(2)17(24)19-10-13-4-3-5-14(18)9-13/h3-5,8-9,12H,6-7,10H2,1-2H3,(H,19,24)/t12-/m1/s1. The smallest absolute Gasteiger partial charge is 0.243 e. The van der Waals surface area contributed by atoms with Crippen LogP contribution >= 0.6 is 0 Å². The summed E-state index contributed by atoms with van der Waals surface area (Å²) in [5.41, 5.74) is 1.47. The number of hydrogen-bond donors (Lipinski definition) is 1. The first-order valence-electron chi connectivity index (χ1n) is 7.84. The molecule has 0 spiro atoms. The molecule has 1 aromatic heterocycles. The normalized spacial score (nSPS) is 15.1. The number of amides is 2. The molecule has 0 fully saturated rings. The molecule has 126 valence electrons. The zero-order valence-electron chi connectivity index (χ0n) is 13.6. The molecule has 0 radical (unpaired) electrons. The Morgan fingerprint density at radius 3 is 2.96 bits per heavy atom. The zero-order valence-corrected chi connectivity index (χ0v) is 13.6. The third-order valence-electron chi connectivity index (χ3n) is 4.06. The van der Waals surface area contributed by atoms with E-state index in [9.17, 15) is 14.0 Å². The maximum Gasteiger partial charge on any atom is 0.243 e. The molecule has 2 amide bonds. The Morgan fingerprint density at radius 2 is 2.21 bits per heavy atom. The number of aromatic nitrogens is 2. The van der Waals surface area contributed by atoms with E-state index in [1.54, 1.807) is 29.8 Å². The highest BCUT2D eigenvalue weighted by Gasteiger charge is 2.32. The van der Waals surface area contributed by atoms with Crippen molar-refractivity contribution in [3.8, 4) is 0 Å². The Kier molecular flexibility index (Phi) is 4.33. The summed E-state index contributed by atoms with van der Waals surface area (Å²) < 4.78 is 14.9. The van der Waals surface area contributed by atoms with Crippen LogP contribution in [0.25, 0.3) is 0 Å². The van der Waals surface area contributed by atoms with Crippen LogP contribution in [-0.2, 0) is 22.7 Å². The Morgan fingerprint density at radius 1 is 1.42 bits per heavy atom. The van der Waals surface area contributed by atoms with Crippen molar-refractivity contribution in [1.82, 2.24) is 15.1 Å². The molecule has 1 N–H and O–H groups in total. The number of rotatable bonds is 4. The molecule has 3 rings (SSSR count). The lowest BCUT2D eigenvalue weighted by molar-refractivity contribution is -0.126. The monoisotopic (exact) mass is 330 g/mol. The molecule has 1 aliphatic heterocycles. The van der Waals surface area contributed by atoms with E-state index < -0.39 is 6.04 Å². The second-order valence-corrected chi connectivity index (χ2v) is 5.90. The summed E-state index contributed by atoms with van der Waals surface area (Å²) in [7, 11) is 0. The van der Waals surface area contributed by atoms with Gasteiger partial charge in [0.25, 0.3) is 0 Å². The highest BCUT2D eigenvalue weighted by atomic mass is 19.1. The SMILES string of the molecule is Cc1cc2n(n1)CCC(=O)N2[C@H](C)C(=O)NCc1cccc(F)c1. The van der Waals surface area contributed by atoms with Gasteiger partial charge in [-0.1, -0.05) is 12.1 Å². The Bertz CT molecular complexity index is 787. The van der Waals surface area contributed by atoms with E-state index in [-0.39, 0.29) is 24.2 Å². The first kappa shape index (κ1) is 16.2. The molecule has 2 heterocycles. The van der Waals surface area contributed by atoms with Gasteiger partial charge in [0, 0.05) is 19.0 Å². The van der Waals surface area contributed by atoms with Gasteiger partial charge >= 0.3 is 0 Å². The molecule has 1 atom stereocenters. The summed E-state index contributed by atoms with van der Waals surface area (Å²) in [5.74, 6) is -0.103. The summed E-state index contributed by atoms with van der Waals surface area (Å²) in [4.78, 5) is 26.2. The first-order chi connectivity index (χ1) is 11.5. The molecule has 24 heavy (non-hydrogen) atoms. The minimum absolute atomic E-state index is 0.101. The van der Waals surface area contributed by atoms with Gasteiger partial charge in [-0.25, -0.2) is 9.07 Å². The number of carbonyl (C=O) groups is 2. The van der Waals surface area contributed by atoms with Crippen molar-refractivity contribution < 1.29 is 14.0 Å². The highest BCUT2D eigenvalue weighted by Crippen LogP contribution is 2.24. The Labute approximate surface area is 139 Å². The number of hydrogen-bond acceptors (Lipinski definition) is 3. The molecule has 0 unspecified atom stereocenters. The maximum absolute atomic E-state index is 13.2. The van der Waals surface area contributed by atoms with Gasteiger partial charge in [0.1, 0.15) is 17.7 Å². The van der Waals surface area contributed by atoms with E-state index in [0.29, 0.717) is 24.3 Å². The van der Waals surface area contributed by atoms with Crippen LogP contribution in [-0.4, -0.2) is 27.6 Å². The summed E-state index contributed by atoms with van der Waals surface area (Å²) in [6.45, 7) is 4.26. The Balaban J connectivity index is 1.72. The third kappa shape index (κ3) is 3.15. The molecular weight excluding hydrogens is 311 g/mol. The minimum atomic E-state index is -0.666. The van der Waals surface area contributed by atoms with Crippen molar-refractivity contribution in [3.05, 3.63) is 47.4 Å². The highest BCUT2D eigenvalue weighted by molar-refractivity contribution is 6.00. The molecule has 2 aromatic rings. The average Bonchev–Trinajstić information content (AvgIpc) is 2.92. The molecule has 6 nitrogen and oxygen atoms in total. The lowest BCUT2D eigenvalue weighted by atomic mass is 10.1. The molecule has 7 heteroatoms. The second-order valence-electron chi connectivity index (χ2n) is 5.90. The Hall–Kier alpha value is -2.70. The van der Waals surface area contributed by atoms with E-state index in [1.807, 2.05) is 6.92 Å². The summed E-state index contributed by atoms with van der Waals surface area (Å²) >= 11 is 0. The van der Waals surface area contributed by atoms with Crippen LogP contribution in [0.5, 0.6) is 0 Å². The van der Waals surface area contributed by atoms with Crippen LogP contribution in [0.2, 0.25) is 0 Å². The van der Waals surface area contributed by atoms with E-state index in [4.69, 9.17) is 0 Å². The van der Waals surface area contributed by atoms with Crippen LogP contribution in [0.15, 0.2) is 30.3 Å². The lowest BCUT2D eigenvalue weighted by Gasteiger charge is -2.31. The minimum Gasteiger partial charge on any atom is -0.350 e. The number of nitrogens with zero attached hydrogens (tertiary/aromatic N) is 3. The predicted molar refractivity (Wildman–Crippen MR) is 86.8 cm³/mol. The molecule has 0 aliphatic carbocycles. The largest absolute Gasteiger partial charge is 0.350 e. The number of benzene rings is 1. The number of nitrogens with one attached hydrogen (secondary N) is 1. The van der Waals surface area contributed by atoms with Crippen LogP contribution in [0.4, 0.5) is 10.2 Å². The van der Waals surface area contributed by atoms with Gasteiger partial charge in [-0.2, -0.15) is 5.10 Å². The molecule has 0 saturated heterocycles.